The van der Waals surface area contributed by atoms with Crippen molar-refractivity contribution in [3.8, 4) is 0 Å². The Balaban J connectivity index is 1.78. The van der Waals surface area contributed by atoms with Crippen molar-refractivity contribution in [2.45, 2.75) is 40.2 Å². The molecular weight excluding hydrogens is 373 g/mol. The number of aromatic nitrogens is 1. The maximum absolute atomic E-state index is 14.1. The van der Waals surface area contributed by atoms with Gasteiger partial charge >= 0.3 is 6.09 Å². The molecule has 1 heterocycles. The predicted octanol–water partition coefficient (Wildman–Crippen LogP) is 5.52. The number of fused-ring (bicyclic) bond motifs is 1. The third-order valence-electron chi connectivity index (χ3n) is 4.43. The van der Waals surface area contributed by atoms with Crippen molar-refractivity contribution in [1.29, 1.82) is 0 Å². The molecule has 0 bridgehead atoms. The van der Waals surface area contributed by atoms with Gasteiger partial charge in [0, 0.05) is 27.8 Å². The van der Waals surface area contributed by atoms with Crippen LogP contribution in [0.5, 0.6) is 0 Å². The molecule has 0 aliphatic heterocycles. The molecule has 152 valence electrons. The van der Waals surface area contributed by atoms with Crippen LogP contribution in [0.25, 0.3) is 10.9 Å². The lowest BCUT2D eigenvalue weighted by Crippen LogP contribution is -2.27. The van der Waals surface area contributed by atoms with Crippen LogP contribution in [0.2, 0.25) is 0 Å². The number of benzene rings is 2. The van der Waals surface area contributed by atoms with E-state index in [0.717, 1.165) is 22.2 Å². The first-order valence-electron chi connectivity index (χ1n) is 9.23. The van der Waals surface area contributed by atoms with Crippen LogP contribution in [0, 0.1) is 19.7 Å². The van der Waals surface area contributed by atoms with Gasteiger partial charge in [-0.2, -0.15) is 0 Å². The van der Waals surface area contributed by atoms with E-state index >= 15 is 0 Å². The highest BCUT2D eigenvalue weighted by atomic mass is 19.1. The average molecular weight is 397 g/mol. The summed E-state index contributed by atoms with van der Waals surface area (Å²) in [5, 5.41) is 6.07. The lowest BCUT2D eigenvalue weighted by molar-refractivity contribution is 0.0635. The Labute approximate surface area is 168 Å². The van der Waals surface area contributed by atoms with Crippen molar-refractivity contribution >= 4 is 34.3 Å². The molecule has 0 aliphatic rings. The van der Waals surface area contributed by atoms with Crippen LogP contribution < -0.4 is 10.6 Å². The zero-order chi connectivity index (χ0) is 21.3. The van der Waals surface area contributed by atoms with Gasteiger partial charge in [0.05, 0.1) is 5.69 Å². The first kappa shape index (κ1) is 20.4. The van der Waals surface area contributed by atoms with E-state index in [1.807, 2.05) is 26.0 Å². The first-order valence-corrected chi connectivity index (χ1v) is 9.23. The van der Waals surface area contributed by atoms with E-state index in [0.29, 0.717) is 11.3 Å². The molecule has 3 rings (SSSR count). The van der Waals surface area contributed by atoms with E-state index in [4.69, 9.17) is 4.74 Å². The van der Waals surface area contributed by atoms with Crippen molar-refractivity contribution in [1.82, 2.24) is 4.98 Å². The average Bonchev–Trinajstić information content (AvgIpc) is 2.90. The zero-order valence-corrected chi connectivity index (χ0v) is 17.1. The minimum absolute atomic E-state index is 0.0791. The summed E-state index contributed by atoms with van der Waals surface area (Å²) in [7, 11) is 0. The van der Waals surface area contributed by atoms with Crippen molar-refractivity contribution < 1.29 is 18.7 Å². The Bertz CT molecular complexity index is 1100. The summed E-state index contributed by atoms with van der Waals surface area (Å²) in [5.74, 6) is -0.964. The van der Waals surface area contributed by atoms with E-state index in [-0.39, 0.29) is 11.6 Å². The standard InChI is InChI=1S/C22H24FN3O3/c1-12-13(2)24-18-9-6-14(10-16(12)18)20(27)25-15-7-8-17(23)19(11-15)26-21(28)29-22(3,4)5/h6-11,24H,1-5H3,(H,25,27)(H,26,28). The summed E-state index contributed by atoms with van der Waals surface area (Å²) in [6, 6.07) is 9.33. The minimum atomic E-state index is -0.774. The molecule has 0 fully saturated rings. The molecule has 0 spiro atoms. The first-order chi connectivity index (χ1) is 13.5. The number of aromatic amines is 1. The van der Waals surface area contributed by atoms with Gasteiger partial charge in [-0.25, -0.2) is 9.18 Å². The summed E-state index contributed by atoms with van der Waals surface area (Å²) in [6.45, 7) is 9.11. The highest BCUT2D eigenvalue weighted by Gasteiger charge is 2.18. The topological polar surface area (TPSA) is 83.2 Å². The Kier molecular flexibility index (Phi) is 5.33. The number of ether oxygens (including phenoxy) is 1. The summed E-state index contributed by atoms with van der Waals surface area (Å²) in [4.78, 5) is 27.8. The second-order valence-electron chi connectivity index (χ2n) is 7.91. The smallest absolute Gasteiger partial charge is 0.412 e. The number of H-pyrrole nitrogens is 1. The molecule has 0 aliphatic carbocycles. The molecule has 0 radical (unpaired) electrons. The largest absolute Gasteiger partial charge is 0.444 e. The fourth-order valence-electron chi connectivity index (χ4n) is 2.92. The van der Waals surface area contributed by atoms with Crippen LogP contribution in [0.1, 0.15) is 42.4 Å². The van der Waals surface area contributed by atoms with Crippen molar-refractivity contribution in [2.24, 2.45) is 0 Å². The maximum atomic E-state index is 14.1. The quantitative estimate of drug-likeness (QED) is 0.544. The number of anilines is 2. The lowest BCUT2D eigenvalue weighted by Gasteiger charge is -2.20. The van der Waals surface area contributed by atoms with Crippen molar-refractivity contribution in [3.05, 3.63) is 59.0 Å². The molecule has 0 unspecified atom stereocenters. The van der Waals surface area contributed by atoms with Crippen molar-refractivity contribution in [3.63, 3.8) is 0 Å². The third-order valence-corrected chi connectivity index (χ3v) is 4.43. The number of carbonyl (C=O) groups excluding carboxylic acids is 2. The normalized spacial score (nSPS) is 11.4. The molecule has 0 saturated heterocycles. The van der Waals surface area contributed by atoms with Gasteiger partial charge in [0.2, 0.25) is 0 Å². The van der Waals surface area contributed by atoms with Gasteiger partial charge in [-0.1, -0.05) is 0 Å². The van der Waals surface area contributed by atoms with E-state index in [9.17, 15) is 14.0 Å². The molecule has 2 aromatic carbocycles. The van der Waals surface area contributed by atoms with Crippen LogP contribution in [0.15, 0.2) is 36.4 Å². The van der Waals surface area contributed by atoms with Crippen molar-refractivity contribution in [2.75, 3.05) is 10.6 Å². The highest BCUT2D eigenvalue weighted by molar-refractivity contribution is 6.07. The summed E-state index contributed by atoms with van der Waals surface area (Å²) < 4.78 is 19.2. The molecule has 0 saturated carbocycles. The van der Waals surface area contributed by atoms with Gasteiger partial charge in [-0.3, -0.25) is 10.1 Å². The molecule has 1 aromatic heterocycles. The zero-order valence-electron chi connectivity index (χ0n) is 17.1. The second-order valence-corrected chi connectivity index (χ2v) is 7.91. The minimum Gasteiger partial charge on any atom is -0.444 e. The van der Waals surface area contributed by atoms with Crippen LogP contribution in [0.4, 0.5) is 20.6 Å². The fraction of sp³-hybridized carbons (Fsp3) is 0.273. The summed E-state index contributed by atoms with van der Waals surface area (Å²) >= 11 is 0. The number of rotatable bonds is 3. The number of hydrogen-bond donors (Lipinski definition) is 3. The number of halogens is 1. The summed E-state index contributed by atoms with van der Waals surface area (Å²) in [5.41, 5.74) is 3.14. The lowest BCUT2D eigenvalue weighted by atomic mass is 10.1. The number of hydrogen-bond acceptors (Lipinski definition) is 3. The SMILES string of the molecule is Cc1[nH]c2ccc(C(=O)Nc3ccc(F)c(NC(=O)OC(C)(C)C)c3)cc2c1C. The Morgan fingerprint density at radius 2 is 1.76 bits per heavy atom. The fourth-order valence-corrected chi connectivity index (χ4v) is 2.92. The van der Waals surface area contributed by atoms with Gasteiger partial charge in [-0.05, 0) is 76.6 Å². The third kappa shape index (κ3) is 4.74. The maximum Gasteiger partial charge on any atom is 0.412 e. The van der Waals surface area contributed by atoms with Gasteiger partial charge in [0.1, 0.15) is 11.4 Å². The van der Waals surface area contributed by atoms with Crippen LogP contribution in [0.3, 0.4) is 0 Å². The van der Waals surface area contributed by atoms with E-state index < -0.39 is 17.5 Å². The predicted molar refractivity (Wildman–Crippen MR) is 112 cm³/mol. The van der Waals surface area contributed by atoms with E-state index in [2.05, 4.69) is 15.6 Å². The molecule has 0 atom stereocenters. The monoisotopic (exact) mass is 397 g/mol. The highest BCUT2D eigenvalue weighted by Crippen LogP contribution is 2.24. The Hall–Kier alpha value is -3.35. The van der Waals surface area contributed by atoms with Crippen LogP contribution >= 0.6 is 0 Å². The number of amides is 2. The number of nitrogens with one attached hydrogen (secondary N) is 3. The van der Waals surface area contributed by atoms with Gasteiger partial charge in [0.25, 0.3) is 5.91 Å². The molecule has 6 nitrogen and oxygen atoms in total. The van der Waals surface area contributed by atoms with Gasteiger partial charge in [-0.15, -0.1) is 0 Å². The summed E-state index contributed by atoms with van der Waals surface area (Å²) in [6.07, 6.45) is -0.774. The Morgan fingerprint density at radius 3 is 2.45 bits per heavy atom. The molecule has 7 heteroatoms. The van der Waals surface area contributed by atoms with E-state index in [1.165, 1.54) is 18.2 Å². The molecule has 2 amide bonds. The molecule has 3 aromatic rings. The van der Waals surface area contributed by atoms with Crippen LogP contribution in [-0.2, 0) is 4.74 Å². The number of aryl methyl sites for hydroxylation is 2. The molecule has 29 heavy (non-hydrogen) atoms. The molecule has 3 N–H and O–H groups in total. The van der Waals surface area contributed by atoms with E-state index in [1.54, 1.807) is 26.8 Å². The van der Waals surface area contributed by atoms with Gasteiger partial charge in [0.15, 0.2) is 0 Å². The molecular formula is C22H24FN3O3. The Morgan fingerprint density at radius 1 is 1.03 bits per heavy atom. The van der Waals surface area contributed by atoms with Gasteiger partial charge < -0.3 is 15.0 Å². The number of carbonyl (C=O) groups is 2. The second kappa shape index (κ2) is 7.58. The van der Waals surface area contributed by atoms with Crippen LogP contribution in [-0.4, -0.2) is 22.6 Å².